The normalized spacial score (nSPS) is 22.3. The van der Waals surface area contributed by atoms with E-state index in [1.807, 2.05) is 10.6 Å². The van der Waals surface area contributed by atoms with Crippen LogP contribution in [-0.2, 0) is 0 Å². The number of carbonyl (C=O) groups excluding carboxylic acids is 1. The molecule has 0 radical (unpaired) electrons. The summed E-state index contributed by atoms with van der Waals surface area (Å²) in [6.45, 7) is -0.971. The first kappa shape index (κ1) is 13.3. The second kappa shape index (κ2) is 5.58. The Labute approximate surface area is 164 Å². The van der Waals surface area contributed by atoms with Crippen molar-refractivity contribution in [3.05, 3.63) is 63.7 Å². The Balaban J connectivity index is 1.90. The fraction of sp³-hybridized carbons (Fsp3) is 0.238. The van der Waals surface area contributed by atoms with Crippen LogP contribution in [0.5, 0.6) is 0 Å². The quantitative estimate of drug-likeness (QED) is 0.543. The summed E-state index contributed by atoms with van der Waals surface area (Å²) in [5.41, 5.74) is 2.57. The first-order valence-electron chi connectivity index (χ1n) is 9.98. The van der Waals surface area contributed by atoms with Crippen LogP contribution in [-0.4, -0.2) is 27.3 Å². The SMILES string of the molecule is [2H]C([2H])([2H])N1C(=O)c2cccc(C#CC)c2[C@H]2C[C@@H]1c1nc3cc(F)c(Cl)cc3n12. The van der Waals surface area contributed by atoms with Crippen molar-refractivity contribution in [2.75, 3.05) is 6.98 Å². The molecule has 3 heterocycles. The summed E-state index contributed by atoms with van der Waals surface area (Å²) in [5, 5.41) is -0.0462. The van der Waals surface area contributed by atoms with E-state index in [1.54, 1.807) is 19.1 Å². The minimum atomic E-state index is -2.67. The number of hydrogen-bond acceptors (Lipinski definition) is 2. The molecule has 2 aromatic carbocycles. The van der Waals surface area contributed by atoms with Crippen molar-refractivity contribution in [1.29, 1.82) is 0 Å². The molecule has 4 nitrogen and oxygen atoms in total. The Morgan fingerprint density at radius 2 is 2.22 bits per heavy atom. The summed E-state index contributed by atoms with van der Waals surface area (Å²) >= 11 is 6.03. The molecule has 2 bridgehead atoms. The zero-order valence-corrected chi connectivity index (χ0v) is 15.0. The average Bonchev–Trinajstić information content (AvgIpc) is 3.14. The Hall–Kier alpha value is -2.84. The molecule has 0 saturated heterocycles. The molecule has 5 rings (SSSR count). The molecule has 2 aliphatic heterocycles. The number of benzene rings is 2. The van der Waals surface area contributed by atoms with Crippen LogP contribution >= 0.6 is 11.6 Å². The van der Waals surface area contributed by atoms with Gasteiger partial charge in [0.2, 0.25) is 0 Å². The van der Waals surface area contributed by atoms with Crippen LogP contribution in [0.4, 0.5) is 4.39 Å². The van der Waals surface area contributed by atoms with Crippen molar-refractivity contribution in [3.8, 4) is 11.8 Å². The summed E-state index contributed by atoms with van der Waals surface area (Å²) in [7, 11) is 0. The number of fused-ring (bicyclic) bond motifs is 9. The molecule has 0 spiro atoms. The Morgan fingerprint density at radius 1 is 1.37 bits per heavy atom. The van der Waals surface area contributed by atoms with Gasteiger partial charge in [0.15, 0.2) is 0 Å². The highest BCUT2D eigenvalue weighted by molar-refractivity contribution is 6.31. The highest BCUT2D eigenvalue weighted by atomic mass is 35.5. The highest BCUT2D eigenvalue weighted by Gasteiger charge is 2.44. The molecule has 1 aromatic heterocycles. The standard InChI is InChI=1S/C21H15ClFN3O/c1-3-5-11-6-4-7-12-19(11)17-10-18(25(2)21(12)27)20-24-15-9-14(23)13(22)8-16(15)26(17)20/h4,6-9,17-18H,10H2,1-2H3/t17-,18-/m1/s1/i2D3. The number of hydrogen-bond donors (Lipinski definition) is 0. The third kappa shape index (κ3) is 2.11. The number of rotatable bonds is 0. The minimum Gasteiger partial charge on any atom is -0.331 e. The third-order valence-corrected chi connectivity index (χ3v) is 5.56. The molecule has 0 N–H and O–H groups in total. The number of amides is 1. The second-order valence-corrected chi connectivity index (χ2v) is 7.09. The van der Waals surface area contributed by atoms with Crippen molar-refractivity contribution in [1.82, 2.24) is 14.5 Å². The predicted octanol–water partition coefficient (Wildman–Crippen LogP) is 4.32. The lowest BCUT2D eigenvalue weighted by Gasteiger charge is -2.24. The van der Waals surface area contributed by atoms with E-state index in [4.69, 9.17) is 15.7 Å². The van der Waals surface area contributed by atoms with Crippen molar-refractivity contribution in [3.63, 3.8) is 0 Å². The molecule has 1 amide bonds. The highest BCUT2D eigenvalue weighted by Crippen LogP contribution is 2.48. The van der Waals surface area contributed by atoms with E-state index in [1.165, 1.54) is 12.1 Å². The Kier molecular flexibility index (Phi) is 2.76. The van der Waals surface area contributed by atoms with Crippen LogP contribution < -0.4 is 0 Å². The molecular formula is C21H15ClFN3O. The summed E-state index contributed by atoms with van der Waals surface area (Å²) in [5.74, 6) is 5.11. The van der Waals surface area contributed by atoms with E-state index in [-0.39, 0.29) is 11.1 Å². The molecule has 134 valence electrons. The van der Waals surface area contributed by atoms with Gasteiger partial charge < -0.3 is 9.47 Å². The average molecular weight is 383 g/mol. The van der Waals surface area contributed by atoms with Gasteiger partial charge in [-0.25, -0.2) is 9.37 Å². The Bertz CT molecular complexity index is 1300. The fourth-order valence-corrected chi connectivity index (χ4v) is 4.35. The van der Waals surface area contributed by atoms with Gasteiger partial charge in [0.05, 0.1) is 28.1 Å². The predicted molar refractivity (Wildman–Crippen MR) is 101 cm³/mol. The maximum Gasteiger partial charge on any atom is 0.254 e. The lowest BCUT2D eigenvalue weighted by Crippen LogP contribution is -2.30. The molecule has 2 atom stereocenters. The van der Waals surface area contributed by atoms with E-state index < -0.39 is 24.7 Å². The molecule has 3 aromatic rings. The zero-order valence-electron chi connectivity index (χ0n) is 17.3. The Morgan fingerprint density at radius 3 is 3.00 bits per heavy atom. The van der Waals surface area contributed by atoms with Crippen LogP contribution in [0.3, 0.4) is 0 Å². The first-order valence-corrected chi connectivity index (χ1v) is 8.86. The maximum atomic E-state index is 14.1. The summed E-state index contributed by atoms with van der Waals surface area (Å²) in [4.78, 5) is 18.8. The van der Waals surface area contributed by atoms with Crippen molar-refractivity contribution in [2.24, 2.45) is 0 Å². The number of nitrogens with zero attached hydrogens (tertiary/aromatic N) is 3. The van der Waals surface area contributed by atoms with E-state index >= 15 is 0 Å². The van der Waals surface area contributed by atoms with Gasteiger partial charge in [-0.2, -0.15) is 0 Å². The zero-order chi connectivity index (χ0) is 21.4. The summed E-state index contributed by atoms with van der Waals surface area (Å²) < 4.78 is 40.0. The monoisotopic (exact) mass is 382 g/mol. The van der Waals surface area contributed by atoms with Crippen LogP contribution in [0.15, 0.2) is 30.3 Å². The van der Waals surface area contributed by atoms with Gasteiger partial charge in [-0.1, -0.05) is 23.6 Å². The molecule has 6 heteroatoms. The van der Waals surface area contributed by atoms with E-state index in [0.29, 0.717) is 40.0 Å². The third-order valence-electron chi connectivity index (χ3n) is 5.27. The molecule has 0 fully saturated rings. The van der Waals surface area contributed by atoms with Crippen molar-refractivity contribution >= 4 is 28.5 Å². The largest absolute Gasteiger partial charge is 0.331 e. The van der Waals surface area contributed by atoms with Gasteiger partial charge >= 0.3 is 0 Å². The lowest BCUT2D eigenvalue weighted by molar-refractivity contribution is 0.0734. The smallest absolute Gasteiger partial charge is 0.254 e. The number of carbonyl (C=O) groups is 1. The van der Waals surface area contributed by atoms with Crippen molar-refractivity contribution < 1.29 is 13.3 Å². The molecule has 0 saturated carbocycles. The maximum absolute atomic E-state index is 14.1. The van der Waals surface area contributed by atoms with Gasteiger partial charge in [0.1, 0.15) is 11.6 Å². The van der Waals surface area contributed by atoms with Gasteiger partial charge in [0.25, 0.3) is 5.91 Å². The number of aromatic nitrogens is 2. The van der Waals surface area contributed by atoms with Crippen LogP contribution in [0, 0.1) is 17.7 Å². The minimum absolute atomic E-state index is 0.0462. The van der Waals surface area contributed by atoms with E-state index in [0.717, 1.165) is 4.90 Å². The molecular weight excluding hydrogens is 365 g/mol. The summed E-state index contributed by atoms with van der Waals surface area (Å²) in [6, 6.07) is 6.71. The van der Waals surface area contributed by atoms with Gasteiger partial charge in [0, 0.05) is 40.3 Å². The van der Waals surface area contributed by atoms with E-state index in [2.05, 4.69) is 16.8 Å². The van der Waals surface area contributed by atoms with Gasteiger partial charge in [-0.05, 0) is 25.1 Å². The number of imidazole rings is 1. The number of halogens is 2. The first-order chi connectivity index (χ1) is 14.2. The lowest BCUT2D eigenvalue weighted by atomic mass is 9.93. The van der Waals surface area contributed by atoms with Crippen molar-refractivity contribution in [2.45, 2.75) is 25.4 Å². The van der Waals surface area contributed by atoms with Crippen LogP contribution in [0.2, 0.25) is 5.02 Å². The fourth-order valence-electron chi connectivity index (χ4n) is 4.19. The topological polar surface area (TPSA) is 38.1 Å². The van der Waals surface area contributed by atoms with Gasteiger partial charge in [-0.15, -0.1) is 5.92 Å². The van der Waals surface area contributed by atoms with Crippen LogP contribution in [0.1, 0.15) is 56.8 Å². The van der Waals surface area contributed by atoms with E-state index in [9.17, 15) is 9.18 Å². The molecule has 0 unspecified atom stereocenters. The van der Waals surface area contributed by atoms with Crippen LogP contribution in [0.25, 0.3) is 11.0 Å². The van der Waals surface area contributed by atoms with Gasteiger partial charge in [-0.3, -0.25) is 4.79 Å². The second-order valence-electron chi connectivity index (χ2n) is 6.68. The summed E-state index contributed by atoms with van der Waals surface area (Å²) in [6.07, 6.45) is 0.340. The molecule has 27 heavy (non-hydrogen) atoms. The molecule has 0 aliphatic carbocycles. The molecule has 2 aliphatic rings.